The molecule has 0 bridgehead atoms. The summed E-state index contributed by atoms with van der Waals surface area (Å²) >= 11 is 0. The summed E-state index contributed by atoms with van der Waals surface area (Å²) in [5, 5.41) is 11.3. The molecule has 0 aliphatic rings. The van der Waals surface area contributed by atoms with Crippen molar-refractivity contribution in [2.24, 2.45) is 0 Å². The van der Waals surface area contributed by atoms with Crippen molar-refractivity contribution in [3.05, 3.63) is 5.89 Å². The fourth-order valence-corrected chi connectivity index (χ4v) is 1.56. The van der Waals surface area contributed by atoms with Crippen LogP contribution in [0.1, 0.15) is 39.1 Å². The molecule has 0 fully saturated rings. The maximum Gasteiger partial charge on any atom is 0.318 e. The molecule has 0 saturated heterocycles. The molecule has 0 spiro atoms. The molecule has 6 heteroatoms. The average Bonchev–Trinajstić information content (AvgIpc) is 2.87. The zero-order valence-corrected chi connectivity index (χ0v) is 11.9. The van der Waals surface area contributed by atoms with Gasteiger partial charge in [0.25, 0.3) is 0 Å². The molecule has 1 aromatic rings. The second-order valence-electron chi connectivity index (χ2n) is 4.38. The third-order valence-electron chi connectivity index (χ3n) is 3.14. The van der Waals surface area contributed by atoms with Crippen molar-refractivity contribution in [3.8, 4) is 0 Å². The quantitative estimate of drug-likeness (QED) is 0.762. The Hall–Kier alpha value is -1.14. The van der Waals surface area contributed by atoms with Crippen molar-refractivity contribution in [1.29, 1.82) is 0 Å². The molecule has 0 radical (unpaired) electrons. The van der Waals surface area contributed by atoms with Gasteiger partial charge in [0, 0.05) is 19.7 Å². The van der Waals surface area contributed by atoms with Crippen LogP contribution in [-0.2, 0) is 4.74 Å². The van der Waals surface area contributed by atoms with Gasteiger partial charge in [-0.25, -0.2) is 0 Å². The van der Waals surface area contributed by atoms with Crippen LogP contribution in [0.25, 0.3) is 0 Å². The first-order chi connectivity index (χ1) is 8.63. The molecule has 0 aliphatic carbocycles. The Morgan fingerprint density at radius 1 is 1.39 bits per heavy atom. The zero-order valence-electron chi connectivity index (χ0n) is 11.9. The highest BCUT2D eigenvalue weighted by molar-refractivity contribution is 5.26. The molecule has 0 saturated carbocycles. The second kappa shape index (κ2) is 7.33. The van der Waals surface area contributed by atoms with E-state index in [2.05, 4.69) is 34.3 Å². The van der Waals surface area contributed by atoms with Crippen LogP contribution in [0.15, 0.2) is 4.42 Å². The van der Waals surface area contributed by atoms with E-state index in [-0.39, 0.29) is 6.04 Å². The van der Waals surface area contributed by atoms with Crippen LogP contribution < -0.4 is 10.2 Å². The minimum Gasteiger partial charge on any atom is -0.406 e. The van der Waals surface area contributed by atoms with E-state index >= 15 is 0 Å². The number of ether oxygens (including phenoxy) is 1. The minimum absolute atomic E-state index is 0.0625. The molecular formula is C12H24N4O2. The molecule has 1 N–H and O–H groups in total. The van der Waals surface area contributed by atoms with Crippen LogP contribution >= 0.6 is 0 Å². The Morgan fingerprint density at radius 2 is 2.11 bits per heavy atom. The van der Waals surface area contributed by atoms with Gasteiger partial charge >= 0.3 is 6.01 Å². The van der Waals surface area contributed by atoms with Crippen molar-refractivity contribution >= 4 is 6.01 Å². The van der Waals surface area contributed by atoms with Gasteiger partial charge in [-0.15, -0.1) is 5.10 Å². The Labute approximate surface area is 109 Å². The molecule has 1 rings (SSSR count). The van der Waals surface area contributed by atoms with Crippen LogP contribution in [0.2, 0.25) is 0 Å². The highest BCUT2D eigenvalue weighted by atomic mass is 16.5. The van der Waals surface area contributed by atoms with Crippen LogP contribution in [0.3, 0.4) is 0 Å². The summed E-state index contributed by atoms with van der Waals surface area (Å²) in [6.07, 6.45) is 1.02. The van der Waals surface area contributed by atoms with Gasteiger partial charge in [-0.05, 0) is 27.3 Å². The largest absolute Gasteiger partial charge is 0.406 e. The Morgan fingerprint density at radius 3 is 2.67 bits per heavy atom. The summed E-state index contributed by atoms with van der Waals surface area (Å²) in [6, 6.07) is 0.976. The molecule has 18 heavy (non-hydrogen) atoms. The fraction of sp³-hybridized carbons (Fsp3) is 0.833. The molecule has 0 amide bonds. The Bertz CT molecular complexity index is 343. The van der Waals surface area contributed by atoms with E-state index in [1.807, 2.05) is 14.0 Å². The maximum atomic E-state index is 5.70. The lowest BCUT2D eigenvalue weighted by molar-refractivity contribution is 0.201. The van der Waals surface area contributed by atoms with Gasteiger partial charge in [0.05, 0.1) is 12.6 Å². The number of rotatable bonds is 8. The van der Waals surface area contributed by atoms with E-state index in [1.165, 1.54) is 0 Å². The summed E-state index contributed by atoms with van der Waals surface area (Å²) in [6.45, 7) is 7.66. The molecule has 1 heterocycles. The summed E-state index contributed by atoms with van der Waals surface area (Å²) in [7, 11) is 3.56. The number of aromatic nitrogens is 2. The first kappa shape index (κ1) is 14.9. The predicted molar refractivity (Wildman–Crippen MR) is 70.7 cm³/mol. The number of hydrogen-bond acceptors (Lipinski definition) is 6. The van der Waals surface area contributed by atoms with Crippen molar-refractivity contribution in [2.75, 3.05) is 32.2 Å². The van der Waals surface area contributed by atoms with E-state index in [0.717, 1.165) is 13.0 Å². The average molecular weight is 256 g/mol. The van der Waals surface area contributed by atoms with Crippen LogP contribution in [-0.4, -0.2) is 43.5 Å². The summed E-state index contributed by atoms with van der Waals surface area (Å²) < 4.78 is 10.8. The fourth-order valence-electron chi connectivity index (χ4n) is 1.56. The molecule has 104 valence electrons. The van der Waals surface area contributed by atoms with Crippen LogP contribution in [0.4, 0.5) is 6.01 Å². The van der Waals surface area contributed by atoms with Crippen molar-refractivity contribution < 1.29 is 9.15 Å². The third kappa shape index (κ3) is 3.68. The standard InChI is InChI=1S/C12H24N4O2/c1-6-9(2)16(7-8-17-5)12-15-14-11(18-12)10(3)13-4/h9-10,13H,6-8H2,1-5H3. The maximum absolute atomic E-state index is 5.70. The SMILES string of the molecule is CCC(C)N(CCOC)c1nnc(C(C)NC)o1. The third-order valence-corrected chi connectivity index (χ3v) is 3.14. The van der Waals surface area contributed by atoms with Gasteiger partial charge in [-0.3, -0.25) is 0 Å². The molecule has 2 atom stereocenters. The number of nitrogens with zero attached hydrogens (tertiary/aromatic N) is 3. The molecule has 6 nitrogen and oxygen atoms in total. The highest BCUT2D eigenvalue weighted by Gasteiger charge is 2.20. The predicted octanol–water partition coefficient (Wildman–Crippen LogP) is 1.60. The van der Waals surface area contributed by atoms with E-state index in [1.54, 1.807) is 7.11 Å². The molecule has 0 aliphatic heterocycles. The number of anilines is 1. The van der Waals surface area contributed by atoms with E-state index in [4.69, 9.17) is 9.15 Å². The Balaban J connectivity index is 2.81. The number of nitrogens with one attached hydrogen (secondary N) is 1. The summed E-state index contributed by atoms with van der Waals surface area (Å²) in [4.78, 5) is 2.09. The van der Waals surface area contributed by atoms with Crippen molar-refractivity contribution in [2.45, 2.75) is 39.3 Å². The van der Waals surface area contributed by atoms with E-state index in [9.17, 15) is 0 Å². The number of methoxy groups -OCH3 is 1. The number of hydrogen-bond donors (Lipinski definition) is 1. The summed E-state index contributed by atoms with van der Waals surface area (Å²) in [5.74, 6) is 0.609. The van der Waals surface area contributed by atoms with Crippen molar-refractivity contribution in [3.63, 3.8) is 0 Å². The van der Waals surface area contributed by atoms with Gasteiger partial charge < -0.3 is 19.4 Å². The van der Waals surface area contributed by atoms with Gasteiger partial charge in [0.15, 0.2) is 0 Å². The smallest absolute Gasteiger partial charge is 0.318 e. The molecule has 0 aromatic carbocycles. The first-order valence-electron chi connectivity index (χ1n) is 6.40. The topological polar surface area (TPSA) is 63.4 Å². The molecular weight excluding hydrogens is 232 g/mol. The minimum atomic E-state index is 0.0625. The van der Waals surface area contributed by atoms with Crippen LogP contribution in [0, 0.1) is 0 Å². The van der Waals surface area contributed by atoms with Gasteiger partial charge in [-0.1, -0.05) is 12.0 Å². The summed E-state index contributed by atoms with van der Waals surface area (Å²) in [5.41, 5.74) is 0. The van der Waals surface area contributed by atoms with E-state index < -0.39 is 0 Å². The Kier molecular flexibility index (Phi) is 6.07. The van der Waals surface area contributed by atoms with Gasteiger partial charge in [0.2, 0.25) is 5.89 Å². The monoisotopic (exact) mass is 256 g/mol. The van der Waals surface area contributed by atoms with E-state index in [0.29, 0.717) is 24.6 Å². The van der Waals surface area contributed by atoms with Crippen LogP contribution in [0.5, 0.6) is 0 Å². The first-order valence-corrected chi connectivity index (χ1v) is 6.40. The lowest BCUT2D eigenvalue weighted by Crippen LogP contribution is -2.35. The molecule has 2 unspecified atom stereocenters. The van der Waals surface area contributed by atoms with Gasteiger partial charge in [0.1, 0.15) is 0 Å². The second-order valence-corrected chi connectivity index (χ2v) is 4.38. The normalized spacial score (nSPS) is 14.5. The lowest BCUT2D eigenvalue weighted by Gasteiger charge is -2.26. The van der Waals surface area contributed by atoms with Gasteiger partial charge in [-0.2, -0.15) is 0 Å². The highest BCUT2D eigenvalue weighted by Crippen LogP contribution is 2.19. The van der Waals surface area contributed by atoms with Crippen molar-refractivity contribution in [1.82, 2.24) is 15.5 Å². The lowest BCUT2D eigenvalue weighted by atomic mass is 10.2. The zero-order chi connectivity index (χ0) is 13.5. The molecule has 1 aromatic heterocycles.